The topological polar surface area (TPSA) is 37.2 Å². The minimum atomic E-state index is -0.0804. The van der Waals surface area contributed by atoms with Crippen molar-refractivity contribution < 1.29 is 4.74 Å². The number of azo groups is 1. The van der Waals surface area contributed by atoms with Gasteiger partial charge in [-0.3, -0.25) is 0 Å². The first-order valence-electron chi connectivity index (χ1n) is 5.70. The van der Waals surface area contributed by atoms with Crippen LogP contribution >= 0.6 is 12.2 Å². The predicted molar refractivity (Wildman–Crippen MR) is 70.2 cm³/mol. The van der Waals surface area contributed by atoms with Gasteiger partial charge in [0.05, 0.1) is 6.61 Å². The van der Waals surface area contributed by atoms with Gasteiger partial charge < -0.3 is 9.64 Å². The van der Waals surface area contributed by atoms with E-state index in [9.17, 15) is 0 Å². The van der Waals surface area contributed by atoms with Crippen molar-refractivity contribution in [1.29, 1.82) is 0 Å². The number of ether oxygens (including phenoxy) is 1. The highest BCUT2D eigenvalue weighted by Crippen LogP contribution is 2.29. The molecule has 0 amide bonds. The van der Waals surface area contributed by atoms with Crippen LogP contribution in [0.25, 0.3) is 0 Å². The Bertz CT molecular complexity index is 430. The number of hydrogen-bond acceptors (Lipinski definition) is 3. The van der Waals surface area contributed by atoms with Gasteiger partial charge in [-0.05, 0) is 43.8 Å². The molecule has 1 aromatic rings. The molecule has 0 saturated heterocycles. The molecule has 0 fully saturated rings. The Kier molecular flexibility index (Phi) is 3.68. The summed E-state index contributed by atoms with van der Waals surface area (Å²) in [6.45, 7) is 5.50. The quantitative estimate of drug-likeness (QED) is 0.769. The lowest BCUT2D eigenvalue weighted by molar-refractivity contribution is 0.338. The first kappa shape index (κ1) is 12.0. The van der Waals surface area contributed by atoms with E-state index in [4.69, 9.17) is 17.0 Å². The highest BCUT2D eigenvalue weighted by molar-refractivity contribution is 7.80. The summed E-state index contributed by atoms with van der Waals surface area (Å²) >= 11 is 5.12. The van der Waals surface area contributed by atoms with Crippen molar-refractivity contribution in [1.82, 2.24) is 4.90 Å². The van der Waals surface area contributed by atoms with Gasteiger partial charge in [-0.25, -0.2) is 0 Å². The van der Waals surface area contributed by atoms with Crippen molar-refractivity contribution in [2.24, 2.45) is 10.2 Å². The van der Waals surface area contributed by atoms with Gasteiger partial charge in [-0.2, -0.15) is 5.11 Å². The highest BCUT2D eigenvalue weighted by atomic mass is 32.1. The largest absolute Gasteiger partial charge is 0.494 e. The molecule has 1 aliphatic heterocycles. The van der Waals surface area contributed by atoms with E-state index in [0.29, 0.717) is 11.7 Å². The zero-order valence-corrected chi connectivity index (χ0v) is 10.8. The van der Waals surface area contributed by atoms with Gasteiger partial charge in [-0.1, -0.05) is 12.1 Å². The molecule has 0 spiro atoms. The molecule has 1 atom stereocenters. The minimum absolute atomic E-state index is 0.0804. The van der Waals surface area contributed by atoms with Gasteiger partial charge in [0.2, 0.25) is 5.11 Å². The van der Waals surface area contributed by atoms with E-state index in [2.05, 4.69) is 10.2 Å². The van der Waals surface area contributed by atoms with Gasteiger partial charge in [-0.15, -0.1) is 5.11 Å². The minimum Gasteiger partial charge on any atom is -0.494 e. The molecule has 1 heterocycles. The Morgan fingerprint density at radius 1 is 1.29 bits per heavy atom. The summed E-state index contributed by atoms with van der Waals surface area (Å²) in [7, 11) is 0. The summed E-state index contributed by atoms with van der Waals surface area (Å²) in [6, 6.07) is 7.91. The number of benzene rings is 1. The fourth-order valence-electron chi connectivity index (χ4n) is 1.79. The Balaban J connectivity index is 2.17. The van der Waals surface area contributed by atoms with Crippen LogP contribution in [0.5, 0.6) is 5.75 Å². The van der Waals surface area contributed by atoms with Gasteiger partial charge in [0.15, 0.2) is 6.17 Å². The second kappa shape index (κ2) is 5.23. The number of rotatable bonds is 4. The summed E-state index contributed by atoms with van der Waals surface area (Å²) in [5.74, 6) is 0.872. The molecule has 0 aliphatic carbocycles. The molecular weight excluding hydrogens is 234 g/mol. The molecule has 4 nitrogen and oxygen atoms in total. The third-order valence-electron chi connectivity index (χ3n) is 2.62. The first-order valence-corrected chi connectivity index (χ1v) is 6.11. The summed E-state index contributed by atoms with van der Waals surface area (Å²) in [5.41, 5.74) is 1.08. The fraction of sp³-hybridized carbons (Fsp3) is 0.417. The van der Waals surface area contributed by atoms with Crippen molar-refractivity contribution in [3.8, 4) is 5.75 Å². The molecule has 1 aliphatic rings. The maximum atomic E-state index is 5.40. The van der Waals surface area contributed by atoms with Crippen LogP contribution in [-0.2, 0) is 0 Å². The van der Waals surface area contributed by atoms with E-state index in [0.717, 1.165) is 17.9 Å². The maximum absolute atomic E-state index is 5.40. The van der Waals surface area contributed by atoms with E-state index in [1.54, 1.807) is 0 Å². The summed E-state index contributed by atoms with van der Waals surface area (Å²) in [6.07, 6.45) is -0.0804. The Labute approximate surface area is 106 Å². The van der Waals surface area contributed by atoms with Crippen molar-refractivity contribution in [3.05, 3.63) is 29.8 Å². The molecule has 1 aromatic carbocycles. The van der Waals surface area contributed by atoms with Crippen molar-refractivity contribution in [3.63, 3.8) is 0 Å². The van der Waals surface area contributed by atoms with Gasteiger partial charge >= 0.3 is 0 Å². The molecule has 0 aromatic heterocycles. The number of hydrogen-bond donors (Lipinski definition) is 0. The fourth-order valence-corrected chi connectivity index (χ4v) is 2.06. The van der Waals surface area contributed by atoms with Gasteiger partial charge in [0.25, 0.3) is 0 Å². The highest BCUT2D eigenvalue weighted by Gasteiger charge is 2.26. The SMILES string of the molecule is CCOc1ccc(C2N=NC(=S)N2CC)cc1. The zero-order chi connectivity index (χ0) is 12.3. The van der Waals surface area contributed by atoms with Crippen LogP contribution in [0.1, 0.15) is 25.6 Å². The van der Waals surface area contributed by atoms with Crippen molar-refractivity contribution >= 4 is 17.3 Å². The summed E-state index contributed by atoms with van der Waals surface area (Å²) in [4.78, 5) is 1.99. The molecule has 0 radical (unpaired) electrons. The average Bonchev–Trinajstić information content (AvgIpc) is 2.72. The molecule has 0 saturated carbocycles. The predicted octanol–water partition coefficient (Wildman–Crippen LogP) is 3.16. The van der Waals surface area contributed by atoms with Gasteiger partial charge in [0.1, 0.15) is 5.75 Å². The van der Waals surface area contributed by atoms with Crippen LogP contribution in [0.3, 0.4) is 0 Å². The van der Waals surface area contributed by atoms with Crippen LogP contribution in [-0.4, -0.2) is 23.2 Å². The Hall–Kier alpha value is -1.49. The third kappa shape index (κ3) is 2.44. The van der Waals surface area contributed by atoms with E-state index in [1.807, 2.05) is 43.0 Å². The van der Waals surface area contributed by atoms with E-state index in [-0.39, 0.29) is 6.17 Å². The smallest absolute Gasteiger partial charge is 0.218 e. The average molecular weight is 249 g/mol. The van der Waals surface area contributed by atoms with Crippen LogP contribution in [0.2, 0.25) is 0 Å². The molecule has 0 N–H and O–H groups in total. The molecule has 5 heteroatoms. The van der Waals surface area contributed by atoms with Crippen molar-refractivity contribution in [2.45, 2.75) is 20.0 Å². The standard InChI is InChI=1S/C12H15N3OS/c1-3-15-11(13-14-12(15)17)9-5-7-10(8-6-9)16-4-2/h5-8,11H,3-4H2,1-2H3. The monoisotopic (exact) mass is 249 g/mol. The van der Waals surface area contributed by atoms with Crippen LogP contribution in [0, 0.1) is 0 Å². The second-order valence-electron chi connectivity index (χ2n) is 3.66. The Morgan fingerprint density at radius 2 is 2.00 bits per heavy atom. The summed E-state index contributed by atoms with van der Waals surface area (Å²) < 4.78 is 5.40. The zero-order valence-electron chi connectivity index (χ0n) is 9.96. The number of nitrogens with zero attached hydrogens (tertiary/aromatic N) is 3. The van der Waals surface area contributed by atoms with E-state index < -0.39 is 0 Å². The van der Waals surface area contributed by atoms with Crippen LogP contribution < -0.4 is 4.74 Å². The normalized spacial score (nSPS) is 18.8. The second-order valence-corrected chi connectivity index (χ2v) is 4.02. The molecule has 2 rings (SSSR count). The lowest BCUT2D eigenvalue weighted by Gasteiger charge is -2.21. The molecule has 17 heavy (non-hydrogen) atoms. The van der Waals surface area contributed by atoms with E-state index >= 15 is 0 Å². The lowest BCUT2D eigenvalue weighted by Crippen LogP contribution is -2.26. The van der Waals surface area contributed by atoms with Crippen LogP contribution in [0.4, 0.5) is 0 Å². The molecule has 0 bridgehead atoms. The van der Waals surface area contributed by atoms with Crippen molar-refractivity contribution in [2.75, 3.05) is 13.2 Å². The third-order valence-corrected chi connectivity index (χ3v) is 2.94. The van der Waals surface area contributed by atoms with Crippen LogP contribution in [0.15, 0.2) is 34.5 Å². The lowest BCUT2D eigenvalue weighted by atomic mass is 10.1. The number of thiocarbonyl (C=S) groups is 1. The molecule has 1 unspecified atom stereocenters. The van der Waals surface area contributed by atoms with E-state index in [1.165, 1.54) is 0 Å². The summed E-state index contributed by atoms with van der Waals surface area (Å²) in [5, 5.41) is 8.70. The molecule has 90 valence electrons. The Morgan fingerprint density at radius 3 is 2.59 bits per heavy atom. The maximum Gasteiger partial charge on any atom is 0.218 e. The first-order chi connectivity index (χ1) is 8.26. The van der Waals surface area contributed by atoms with Gasteiger partial charge in [0, 0.05) is 6.54 Å². The molecular formula is C12H15N3OS.